The quantitative estimate of drug-likeness (QED) is 0.544. The smallest absolute Gasteiger partial charge is 0.250 e. The third kappa shape index (κ3) is 3.12. The Morgan fingerprint density at radius 2 is 1.90 bits per heavy atom. The van der Waals surface area contributed by atoms with Crippen LogP contribution in [0.1, 0.15) is 5.56 Å². The summed E-state index contributed by atoms with van der Waals surface area (Å²) in [7, 11) is 0. The Hall–Kier alpha value is -3.01. The number of aromatic nitrogens is 2. The minimum Gasteiger partial charge on any atom is -0.250 e. The second-order valence-corrected chi connectivity index (χ2v) is 4.40. The minimum absolute atomic E-state index is 0.444. The monoisotopic (exact) mass is 277 g/mol. The van der Waals surface area contributed by atoms with Gasteiger partial charge >= 0.3 is 5.97 Å². The van der Waals surface area contributed by atoms with Gasteiger partial charge in [-0.2, -0.15) is 4.84 Å². The Bertz CT molecular complexity index is 793. The number of pyridine rings is 2. The minimum atomic E-state index is -0.444. The van der Waals surface area contributed by atoms with E-state index in [1.165, 1.54) is 10.8 Å². The van der Waals surface area contributed by atoms with E-state index in [1.54, 1.807) is 30.6 Å². The Morgan fingerprint density at radius 3 is 2.76 bits per heavy atom. The molecule has 0 aliphatic rings. The van der Waals surface area contributed by atoms with Gasteiger partial charge in [-0.3, -0.25) is 0 Å². The normalized spacial score (nSPS) is 10.9. The number of nitrogens with zero attached hydrogens (tertiary/aromatic N) is 2. The summed E-state index contributed by atoms with van der Waals surface area (Å²) in [6.45, 7) is 0. The van der Waals surface area contributed by atoms with Crippen LogP contribution in [0.25, 0.3) is 17.1 Å². The number of benzene rings is 1. The highest BCUT2D eigenvalue weighted by atomic mass is 16.7. The summed E-state index contributed by atoms with van der Waals surface area (Å²) in [4.78, 5) is 21.4. The first kappa shape index (κ1) is 13.0. The molecule has 1 aromatic carbocycles. The number of carbonyl (C=O) groups is 1. The van der Waals surface area contributed by atoms with Crippen LogP contribution < -0.4 is 9.57 Å². The van der Waals surface area contributed by atoms with Crippen LogP contribution in [0.3, 0.4) is 0 Å². The standard InChI is InChI=1S/C17H13N2O2/c20-17(11-10-14-6-2-1-3-7-14)21-19-13-5-8-15-16(19)9-4-12-18-15/h1-13H/q+1. The third-order valence-electron chi connectivity index (χ3n) is 2.93. The molecule has 102 valence electrons. The number of fused-ring (bicyclic) bond motifs is 1. The molecular weight excluding hydrogens is 264 g/mol. The van der Waals surface area contributed by atoms with Gasteiger partial charge < -0.3 is 0 Å². The maximum atomic E-state index is 11.9. The van der Waals surface area contributed by atoms with Crippen molar-refractivity contribution in [3.05, 3.63) is 78.6 Å². The molecule has 0 radical (unpaired) electrons. The van der Waals surface area contributed by atoms with E-state index in [0.29, 0.717) is 0 Å². The zero-order chi connectivity index (χ0) is 14.5. The highest BCUT2D eigenvalue weighted by molar-refractivity contribution is 5.86. The van der Waals surface area contributed by atoms with Gasteiger partial charge in [-0.25, -0.2) is 9.78 Å². The van der Waals surface area contributed by atoms with Crippen LogP contribution >= 0.6 is 0 Å². The van der Waals surface area contributed by atoms with Gasteiger partial charge in [0.25, 0.3) is 5.52 Å². The zero-order valence-electron chi connectivity index (χ0n) is 11.2. The van der Waals surface area contributed by atoms with Crippen molar-refractivity contribution in [3.63, 3.8) is 0 Å². The first-order chi connectivity index (χ1) is 10.3. The average Bonchev–Trinajstić information content (AvgIpc) is 2.54. The van der Waals surface area contributed by atoms with Crippen molar-refractivity contribution in [2.24, 2.45) is 0 Å². The number of hydrogen-bond acceptors (Lipinski definition) is 3. The summed E-state index contributed by atoms with van der Waals surface area (Å²) in [6, 6.07) is 16.9. The lowest BCUT2D eigenvalue weighted by molar-refractivity contribution is -0.848. The van der Waals surface area contributed by atoms with Crippen LogP contribution in [0, 0.1) is 0 Å². The van der Waals surface area contributed by atoms with E-state index in [-0.39, 0.29) is 0 Å². The van der Waals surface area contributed by atoms with Gasteiger partial charge in [-0.1, -0.05) is 30.3 Å². The molecule has 0 saturated carbocycles. The van der Waals surface area contributed by atoms with Gasteiger partial charge in [0.1, 0.15) is 5.52 Å². The van der Waals surface area contributed by atoms with Crippen molar-refractivity contribution >= 4 is 23.1 Å². The van der Waals surface area contributed by atoms with Gasteiger partial charge in [-0.05, 0) is 23.8 Å². The molecule has 0 bridgehead atoms. The summed E-state index contributed by atoms with van der Waals surface area (Å²) in [5.74, 6) is -0.444. The predicted octanol–water partition coefficient (Wildman–Crippen LogP) is 2.19. The van der Waals surface area contributed by atoms with E-state index >= 15 is 0 Å². The zero-order valence-corrected chi connectivity index (χ0v) is 11.2. The third-order valence-corrected chi connectivity index (χ3v) is 2.93. The Balaban J connectivity index is 1.79. The van der Waals surface area contributed by atoms with Crippen molar-refractivity contribution in [1.82, 2.24) is 4.98 Å². The van der Waals surface area contributed by atoms with E-state index in [0.717, 1.165) is 16.6 Å². The Labute approximate surface area is 121 Å². The van der Waals surface area contributed by atoms with Crippen LogP contribution in [0.4, 0.5) is 0 Å². The molecule has 0 unspecified atom stereocenters. The van der Waals surface area contributed by atoms with E-state index < -0.39 is 5.97 Å². The molecule has 0 aliphatic carbocycles. The molecule has 2 heterocycles. The second-order valence-electron chi connectivity index (χ2n) is 4.40. The molecule has 0 N–H and O–H groups in total. The summed E-state index contributed by atoms with van der Waals surface area (Å²) in [6.07, 6.45) is 6.49. The summed E-state index contributed by atoms with van der Waals surface area (Å²) >= 11 is 0. The van der Waals surface area contributed by atoms with Gasteiger partial charge in [-0.15, -0.1) is 0 Å². The SMILES string of the molecule is O=C(C=Cc1ccccc1)O[n+]1cccc2ncccc21. The molecule has 0 aliphatic heterocycles. The van der Waals surface area contributed by atoms with Crippen LogP contribution in [-0.4, -0.2) is 11.0 Å². The topological polar surface area (TPSA) is 43.1 Å². The lowest BCUT2D eigenvalue weighted by Gasteiger charge is -1.96. The first-order valence-electron chi connectivity index (χ1n) is 6.54. The van der Waals surface area contributed by atoms with Crippen molar-refractivity contribution in [2.45, 2.75) is 0 Å². The molecule has 0 saturated heterocycles. The fraction of sp³-hybridized carbons (Fsp3) is 0. The average molecular weight is 277 g/mol. The molecule has 0 spiro atoms. The molecule has 4 heteroatoms. The maximum Gasteiger partial charge on any atom is 0.404 e. The predicted molar refractivity (Wildman–Crippen MR) is 79.0 cm³/mol. The number of hydrogen-bond donors (Lipinski definition) is 0. The van der Waals surface area contributed by atoms with Gasteiger partial charge in [0, 0.05) is 29.1 Å². The van der Waals surface area contributed by atoms with Crippen LogP contribution in [0.15, 0.2) is 73.1 Å². The molecule has 21 heavy (non-hydrogen) atoms. The van der Waals surface area contributed by atoms with Crippen molar-refractivity contribution < 1.29 is 14.4 Å². The molecule has 0 fully saturated rings. The summed E-state index contributed by atoms with van der Waals surface area (Å²) in [5, 5.41) is 0. The van der Waals surface area contributed by atoms with Gasteiger partial charge in [0.05, 0.1) is 0 Å². The summed E-state index contributed by atoms with van der Waals surface area (Å²) in [5.41, 5.74) is 2.44. The molecule has 3 rings (SSSR count). The Kier molecular flexibility index (Phi) is 3.69. The molecule has 0 amide bonds. The fourth-order valence-electron chi connectivity index (χ4n) is 1.95. The van der Waals surface area contributed by atoms with Gasteiger partial charge in [0.2, 0.25) is 6.20 Å². The molecule has 2 aromatic heterocycles. The summed E-state index contributed by atoms with van der Waals surface area (Å²) < 4.78 is 1.42. The first-order valence-corrected chi connectivity index (χ1v) is 6.54. The van der Waals surface area contributed by atoms with E-state index in [4.69, 9.17) is 4.84 Å². The maximum absolute atomic E-state index is 11.9. The number of carbonyl (C=O) groups excluding carboxylic acids is 1. The van der Waals surface area contributed by atoms with Gasteiger partial charge in [0.15, 0.2) is 0 Å². The lowest BCUT2D eigenvalue weighted by atomic mass is 10.2. The fourth-order valence-corrected chi connectivity index (χ4v) is 1.95. The van der Waals surface area contributed by atoms with E-state index in [1.807, 2.05) is 42.5 Å². The van der Waals surface area contributed by atoms with Crippen LogP contribution in [0.5, 0.6) is 0 Å². The van der Waals surface area contributed by atoms with E-state index in [2.05, 4.69) is 4.98 Å². The highest BCUT2D eigenvalue weighted by Crippen LogP contribution is 2.04. The Morgan fingerprint density at radius 1 is 1.05 bits per heavy atom. The highest BCUT2D eigenvalue weighted by Gasteiger charge is 2.13. The van der Waals surface area contributed by atoms with Crippen molar-refractivity contribution in [1.29, 1.82) is 0 Å². The second kappa shape index (κ2) is 5.96. The lowest BCUT2D eigenvalue weighted by Crippen LogP contribution is -2.45. The largest absolute Gasteiger partial charge is 0.404 e. The van der Waals surface area contributed by atoms with Crippen molar-refractivity contribution in [3.8, 4) is 0 Å². The molecular formula is C17H13N2O2+. The molecule has 4 nitrogen and oxygen atoms in total. The number of rotatable bonds is 3. The van der Waals surface area contributed by atoms with Crippen LogP contribution in [0.2, 0.25) is 0 Å². The van der Waals surface area contributed by atoms with E-state index in [9.17, 15) is 4.79 Å². The molecule has 3 aromatic rings. The van der Waals surface area contributed by atoms with Crippen LogP contribution in [-0.2, 0) is 4.79 Å². The molecule has 0 atom stereocenters. The van der Waals surface area contributed by atoms with Crippen molar-refractivity contribution in [2.75, 3.05) is 0 Å².